The molecule has 0 saturated carbocycles. The number of fused-ring (bicyclic) bond motifs is 3. The lowest BCUT2D eigenvalue weighted by Gasteiger charge is -2.24. The van der Waals surface area contributed by atoms with Crippen molar-refractivity contribution in [3.63, 3.8) is 0 Å². The van der Waals surface area contributed by atoms with Crippen molar-refractivity contribution in [3.05, 3.63) is 82.4 Å². The molecule has 0 spiro atoms. The summed E-state index contributed by atoms with van der Waals surface area (Å²) in [5.41, 5.74) is 12.2. The van der Waals surface area contributed by atoms with Crippen molar-refractivity contribution in [1.29, 1.82) is 0 Å². The fraction of sp³-hybridized carbons (Fsp3) is 0.200. The number of benzene rings is 2. The number of nitrogens with two attached hydrogens (primary N) is 1. The van der Waals surface area contributed by atoms with Gasteiger partial charge in [0.1, 0.15) is 9.71 Å². The van der Waals surface area contributed by atoms with Gasteiger partial charge in [0.05, 0.1) is 17.1 Å². The van der Waals surface area contributed by atoms with E-state index in [9.17, 15) is 4.79 Å². The summed E-state index contributed by atoms with van der Waals surface area (Å²) in [6.07, 6.45) is 3.76. The molecule has 0 bridgehead atoms. The van der Waals surface area contributed by atoms with Gasteiger partial charge in [-0.3, -0.25) is 9.69 Å². The Morgan fingerprint density at radius 3 is 2.27 bits per heavy atom. The monoisotopic (exact) mass is 413 g/mol. The molecule has 0 radical (unpaired) electrons. The van der Waals surface area contributed by atoms with Crippen molar-refractivity contribution in [2.75, 3.05) is 10.6 Å². The van der Waals surface area contributed by atoms with Crippen LogP contribution in [0.25, 0.3) is 10.2 Å². The van der Waals surface area contributed by atoms with Crippen LogP contribution in [-0.4, -0.2) is 10.9 Å². The van der Waals surface area contributed by atoms with Gasteiger partial charge in [0.15, 0.2) is 0 Å². The zero-order valence-corrected chi connectivity index (χ0v) is 17.7. The van der Waals surface area contributed by atoms with Crippen LogP contribution in [0.3, 0.4) is 0 Å². The van der Waals surface area contributed by atoms with E-state index >= 15 is 0 Å². The van der Waals surface area contributed by atoms with Gasteiger partial charge in [-0.15, -0.1) is 11.3 Å². The molecule has 150 valence electrons. The number of hydrogen-bond acceptors (Lipinski definition) is 4. The lowest BCUT2D eigenvalue weighted by molar-refractivity contribution is 0.100. The van der Waals surface area contributed by atoms with Crippen LogP contribution in [0.15, 0.2) is 60.7 Å². The highest BCUT2D eigenvalue weighted by Gasteiger charge is 2.29. The first kappa shape index (κ1) is 18.8. The largest absolute Gasteiger partial charge is 0.397 e. The third-order valence-electron chi connectivity index (χ3n) is 5.68. The predicted molar refractivity (Wildman–Crippen MR) is 125 cm³/mol. The van der Waals surface area contributed by atoms with Crippen molar-refractivity contribution in [3.8, 4) is 0 Å². The van der Waals surface area contributed by atoms with E-state index < -0.39 is 0 Å². The van der Waals surface area contributed by atoms with Crippen LogP contribution in [0.1, 0.15) is 39.8 Å². The van der Waals surface area contributed by atoms with Crippen LogP contribution in [-0.2, 0) is 19.3 Å². The van der Waals surface area contributed by atoms with E-state index in [1.54, 1.807) is 0 Å². The Morgan fingerprint density at radius 1 is 1.00 bits per heavy atom. The number of pyridine rings is 1. The van der Waals surface area contributed by atoms with Crippen molar-refractivity contribution in [2.45, 2.75) is 32.6 Å². The third-order valence-corrected chi connectivity index (χ3v) is 6.79. The summed E-state index contributed by atoms with van der Waals surface area (Å²) in [5, 5.41) is 0.861. The quantitative estimate of drug-likeness (QED) is 0.454. The maximum Gasteiger partial charge on any atom is 0.275 e. The summed E-state index contributed by atoms with van der Waals surface area (Å²) in [4.78, 5) is 21.9. The first-order valence-electron chi connectivity index (χ1n) is 10.4. The molecule has 1 aliphatic heterocycles. The molecule has 5 heteroatoms. The molecule has 2 aromatic carbocycles. The summed E-state index contributed by atoms with van der Waals surface area (Å²) < 4.78 is 0. The predicted octanol–water partition coefficient (Wildman–Crippen LogP) is 5.91. The number of hydrogen-bond donors (Lipinski definition) is 1. The van der Waals surface area contributed by atoms with Gasteiger partial charge in [0, 0.05) is 11.1 Å². The summed E-state index contributed by atoms with van der Waals surface area (Å²) in [5.74, 6) is -0.0886. The molecule has 1 aliphatic rings. The fourth-order valence-corrected chi connectivity index (χ4v) is 5.23. The highest BCUT2D eigenvalue weighted by Crippen LogP contribution is 2.40. The summed E-state index contributed by atoms with van der Waals surface area (Å²) in [7, 11) is 0. The van der Waals surface area contributed by atoms with E-state index in [-0.39, 0.29) is 5.91 Å². The number of aryl methyl sites for hydroxylation is 3. The third kappa shape index (κ3) is 3.06. The number of carbonyl (C=O) groups excluding carboxylic acids is 1. The number of rotatable bonds is 3. The highest BCUT2D eigenvalue weighted by atomic mass is 32.1. The molecule has 0 saturated heterocycles. The van der Waals surface area contributed by atoms with Gasteiger partial charge >= 0.3 is 0 Å². The Labute approximate surface area is 180 Å². The molecular weight excluding hydrogens is 390 g/mol. The molecule has 30 heavy (non-hydrogen) atoms. The molecule has 3 heterocycles. The Kier molecular flexibility index (Phi) is 4.75. The van der Waals surface area contributed by atoms with E-state index in [0.29, 0.717) is 10.6 Å². The number of amides is 1. The Balaban J connectivity index is 1.67. The minimum Gasteiger partial charge on any atom is -0.397 e. The maximum atomic E-state index is 13.9. The van der Waals surface area contributed by atoms with Crippen molar-refractivity contribution in [1.82, 2.24) is 4.98 Å². The van der Waals surface area contributed by atoms with E-state index in [1.807, 2.05) is 53.4 Å². The van der Waals surface area contributed by atoms with Gasteiger partial charge in [-0.2, -0.15) is 0 Å². The average Bonchev–Trinajstić information content (AvgIpc) is 2.99. The topological polar surface area (TPSA) is 59.2 Å². The molecule has 0 fully saturated rings. The average molecular weight is 414 g/mol. The van der Waals surface area contributed by atoms with E-state index in [2.05, 4.69) is 19.1 Å². The number of thiophene rings is 1. The number of carbonyl (C=O) groups is 1. The lowest BCUT2D eigenvalue weighted by atomic mass is 10.0. The van der Waals surface area contributed by atoms with E-state index in [4.69, 9.17) is 10.7 Å². The molecule has 1 amide bonds. The molecule has 4 nitrogen and oxygen atoms in total. The number of para-hydroxylation sites is 2. The maximum absolute atomic E-state index is 13.9. The van der Waals surface area contributed by atoms with Crippen molar-refractivity contribution < 1.29 is 4.79 Å². The molecule has 2 N–H and O–H groups in total. The second-order valence-corrected chi connectivity index (χ2v) is 8.65. The minimum absolute atomic E-state index is 0.0886. The summed E-state index contributed by atoms with van der Waals surface area (Å²) >= 11 is 1.39. The summed E-state index contributed by atoms with van der Waals surface area (Å²) in [6, 6.07) is 20.3. The normalized spacial score (nSPS) is 13.0. The second kappa shape index (κ2) is 7.58. The molecule has 5 rings (SSSR count). The second-order valence-electron chi connectivity index (χ2n) is 7.65. The highest BCUT2D eigenvalue weighted by molar-refractivity contribution is 7.21. The fourth-order valence-electron chi connectivity index (χ4n) is 4.19. The van der Waals surface area contributed by atoms with Crippen molar-refractivity contribution in [2.24, 2.45) is 0 Å². The van der Waals surface area contributed by atoms with Crippen molar-refractivity contribution >= 4 is 44.5 Å². The zero-order chi connectivity index (χ0) is 20.7. The van der Waals surface area contributed by atoms with Crippen LogP contribution >= 0.6 is 11.3 Å². The number of aromatic nitrogens is 1. The Hall–Kier alpha value is -3.18. The van der Waals surface area contributed by atoms with E-state index in [1.165, 1.54) is 22.5 Å². The number of anilines is 3. The summed E-state index contributed by atoms with van der Waals surface area (Å²) in [6.45, 7) is 2.14. The molecular formula is C25H23N3OS. The number of nitrogen functional groups attached to an aromatic ring is 1. The Bertz CT molecular complexity index is 1210. The van der Waals surface area contributed by atoms with Gasteiger partial charge < -0.3 is 5.73 Å². The molecule has 0 atom stereocenters. The first-order valence-corrected chi connectivity index (χ1v) is 11.2. The molecule has 0 unspecified atom stereocenters. The van der Waals surface area contributed by atoms with Crippen LogP contribution in [0, 0.1) is 0 Å². The SMILES string of the molecule is CCCc1ccc2c(N)c(C(=O)N3c4ccccc4CCc4ccccc43)sc2n1. The Morgan fingerprint density at radius 2 is 1.63 bits per heavy atom. The van der Waals surface area contributed by atoms with Gasteiger partial charge in [0.2, 0.25) is 0 Å². The smallest absolute Gasteiger partial charge is 0.275 e. The van der Waals surface area contributed by atoms with Gasteiger partial charge in [0.25, 0.3) is 5.91 Å². The van der Waals surface area contributed by atoms with Crippen LogP contribution in [0.5, 0.6) is 0 Å². The lowest BCUT2D eigenvalue weighted by Crippen LogP contribution is -2.26. The molecule has 2 aromatic heterocycles. The van der Waals surface area contributed by atoms with Gasteiger partial charge in [-0.1, -0.05) is 49.7 Å². The van der Waals surface area contributed by atoms with Gasteiger partial charge in [-0.05, 0) is 54.7 Å². The van der Waals surface area contributed by atoms with Crippen LogP contribution in [0.4, 0.5) is 17.1 Å². The standard InChI is InChI=1S/C25H23N3OS/c1-2-7-18-14-15-19-22(26)23(30-24(19)27-18)25(29)28-20-10-5-3-8-16(20)12-13-17-9-4-6-11-21(17)28/h3-6,8-11,14-15H,2,7,12-13,26H2,1H3. The molecule has 0 aliphatic carbocycles. The van der Waals surface area contributed by atoms with E-state index in [0.717, 1.165) is 53.0 Å². The van der Waals surface area contributed by atoms with Crippen LogP contribution < -0.4 is 10.6 Å². The zero-order valence-electron chi connectivity index (χ0n) is 16.9. The minimum atomic E-state index is -0.0886. The first-order chi connectivity index (χ1) is 14.7. The number of nitrogens with zero attached hydrogens (tertiary/aromatic N) is 2. The van der Waals surface area contributed by atoms with Crippen LogP contribution in [0.2, 0.25) is 0 Å². The molecule has 4 aromatic rings. The van der Waals surface area contributed by atoms with Gasteiger partial charge in [-0.25, -0.2) is 4.98 Å².